The van der Waals surface area contributed by atoms with Crippen LogP contribution in [-0.2, 0) is 23.9 Å². The summed E-state index contributed by atoms with van der Waals surface area (Å²) >= 11 is 0. The van der Waals surface area contributed by atoms with Gasteiger partial charge in [0.15, 0.2) is 0 Å². The molecule has 0 aromatic heterocycles. The highest BCUT2D eigenvalue weighted by Crippen LogP contribution is 2.32. The summed E-state index contributed by atoms with van der Waals surface area (Å²) in [6, 6.07) is 0. The first-order valence-electron chi connectivity index (χ1n) is 25.6. The molecule has 0 spiro atoms. The molecule has 0 saturated heterocycles. The Kier molecular flexibility index (Phi) is 48.9. The fourth-order valence-electron chi connectivity index (χ4n) is 6.97. The van der Waals surface area contributed by atoms with Crippen LogP contribution >= 0.6 is 43.2 Å². The van der Waals surface area contributed by atoms with Crippen molar-refractivity contribution in [2.45, 2.75) is 212 Å². The molecule has 2 atom stereocenters. The third-order valence-electron chi connectivity index (χ3n) is 11.1. The number of rotatable bonds is 49. The topological polar surface area (TPSA) is 108 Å². The van der Waals surface area contributed by atoms with Crippen molar-refractivity contribution >= 4 is 61.0 Å². The highest BCUT2D eigenvalue weighted by Gasteiger charge is 2.14. The predicted molar refractivity (Wildman–Crippen MR) is 280 cm³/mol. The number of carbonyl (C=O) groups excluding carboxylic acids is 3. The second kappa shape index (κ2) is 49.3. The van der Waals surface area contributed by atoms with E-state index in [1.54, 1.807) is 0 Å². The van der Waals surface area contributed by atoms with Gasteiger partial charge in [-0.05, 0) is 97.2 Å². The SMILES string of the molecule is CCCCCC(O)C/C=C\CCCCCCCC(=O)NCCN(C)CCCN(CCC(=O)OCCCCCCSSCC)CCC(=O)OCCCCCCSSC(CC)CCCC. The Balaban J connectivity index is 4.39. The van der Waals surface area contributed by atoms with E-state index in [4.69, 9.17) is 9.47 Å². The van der Waals surface area contributed by atoms with Crippen molar-refractivity contribution in [1.82, 2.24) is 15.1 Å². The predicted octanol–water partition coefficient (Wildman–Crippen LogP) is 13.1. The Morgan fingerprint density at radius 1 is 0.603 bits per heavy atom. The van der Waals surface area contributed by atoms with Crippen molar-refractivity contribution < 1.29 is 29.0 Å². The standard InChI is InChI=1S/C50H97N3O6S4/c1-6-10-22-30-46(54)31-23-16-14-12-13-15-17-24-33-48(55)51-36-41-52(5)37-29-38-53(39-34-49(56)58-42-25-18-20-27-44-61-60-9-4)40-35-50(57)59-43-26-19-21-28-45-62-63-47(8-3)32-11-7-2/h16,23,46-47,54H,6-15,17-22,24-45H2,1-5H3,(H,51,55)/b23-16-. The van der Waals surface area contributed by atoms with Crippen LogP contribution in [-0.4, -0.2) is 121 Å². The lowest BCUT2D eigenvalue weighted by Gasteiger charge is -2.23. The Bertz CT molecular complexity index is 1060. The zero-order valence-electron chi connectivity index (χ0n) is 41.2. The second-order valence-electron chi connectivity index (χ2n) is 17.1. The number of aliphatic hydroxyl groups is 1. The van der Waals surface area contributed by atoms with E-state index in [1.165, 1.54) is 82.1 Å². The lowest BCUT2D eigenvalue weighted by molar-refractivity contribution is -0.144. The molecule has 2 unspecified atom stereocenters. The van der Waals surface area contributed by atoms with Gasteiger partial charge in [-0.25, -0.2) is 0 Å². The van der Waals surface area contributed by atoms with Gasteiger partial charge >= 0.3 is 11.9 Å². The molecule has 0 aliphatic heterocycles. The van der Waals surface area contributed by atoms with Gasteiger partial charge in [0.2, 0.25) is 5.91 Å². The fraction of sp³-hybridized carbons (Fsp3) is 0.900. The van der Waals surface area contributed by atoms with Crippen LogP contribution < -0.4 is 5.32 Å². The van der Waals surface area contributed by atoms with Crippen LogP contribution in [0.2, 0.25) is 0 Å². The monoisotopic (exact) mass is 964 g/mol. The lowest BCUT2D eigenvalue weighted by Crippen LogP contribution is -2.35. The quantitative estimate of drug-likeness (QED) is 0.0262. The largest absolute Gasteiger partial charge is 0.466 e. The summed E-state index contributed by atoms with van der Waals surface area (Å²) in [6.07, 6.45) is 31.9. The molecule has 1 amide bonds. The molecule has 2 N–H and O–H groups in total. The maximum atomic E-state index is 12.7. The molecule has 0 bridgehead atoms. The van der Waals surface area contributed by atoms with Crippen LogP contribution in [0.15, 0.2) is 12.2 Å². The molecule has 372 valence electrons. The molecule has 9 nitrogen and oxygen atoms in total. The van der Waals surface area contributed by atoms with Gasteiger partial charge in [0.05, 0.1) is 32.2 Å². The Labute approximate surface area is 404 Å². The average Bonchev–Trinajstić information content (AvgIpc) is 3.27. The van der Waals surface area contributed by atoms with Crippen LogP contribution in [0, 0.1) is 0 Å². The maximum Gasteiger partial charge on any atom is 0.307 e. The van der Waals surface area contributed by atoms with E-state index in [9.17, 15) is 19.5 Å². The lowest BCUT2D eigenvalue weighted by atomic mass is 10.1. The number of nitrogens with zero attached hydrogens (tertiary/aromatic N) is 2. The minimum atomic E-state index is -0.198. The number of allylic oxidation sites excluding steroid dienone is 1. The first-order valence-corrected chi connectivity index (χ1v) is 30.5. The van der Waals surface area contributed by atoms with Crippen LogP contribution in [0.25, 0.3) is 0 Å². The highest BCUT2D eigenvalue weighted by molar-refractivity contribution is 8.77. The summed E-state index contributed by atoms with van der Waals surface area (Å²) in [5.41, 5.74) is 0. The van der Waals surface area contributed by atoms with E-state index in [-0.39, 0.29) is 23.9 Å². The van der Waals surface area contributed by atoms with Gasteiger partial charge in [0.1, 0.15) is 0 Å². The average molecular weight is 965 g/mol. The number of hydrogen-bond donors (Lipinski definition) is 2. The first kappa shape index (κ1) is 62.4. The van der Waals surface area contributed by atoms with Crippen molar-refractivity contribution in [2.75, 3.05) is 76.8 Å². The summed E-state index contributed by atoms with van der Waals surface area (Å²) in [6.45, 7) is 14.1. The van der Waals surface area contributed by atoms with Crippen LogP contribution in [0.5, 0.6) is 0 Å². The number of aliphatic hydroxyl groups excluding tert-OH is 1. The van der Waals surface area contributed by atoms with Crippen molar-refractivity contribution in [3.8, 4) is 0 Å². The van der Waals surface area contributed by atoms with E-state index in [0.717, 1.165) is 114 Å². The summed E-state index contributed by atoms with van der Waals surface area (Å²) in [5, 5.41) is 13.9. The molecule has 0 rings (SSSR count). The molecule has 0 aliphatic rings. The van der Waals surface area contributed by atoms with E-state index >= 15 is 0 Å². The molecular formula is C50H97N3O6S4. The zero-order chi connectivity index (χ0) is 46.3. The van der Waals surface area contributed by atoms with Crippen LogP contribution in [0.3, 0.4) is 0 Å². The maximum absolute atomic E-state index is 12.7. The number of unbranched alkanes of at least 4 members (excludes halogenated alkanes) is 14. The molecular weight excluding hydrogens is 867 g/mol. The smallest absolute Gasteiger partial charge is 0.307 e. The normalized spacial score (nSPS) is 12.7. The number of amides is 1. The number of carbonyl (C=O) groups is 3. The van der Waals surface area contributed by atoms with Gasteiger partial charge in [-0.1, -0.05) is 160 Å². The number of hydrogen-bond acceptors (Lipinski definition) is 12. The van der Waals surface area contributed by atoms with Crippen molar-refractivity contribution in [2.24, 2.45) is 0 Å². The summed E-state index contributed by atoms with van der Waals surface area (Å²) in [5.74, 6) is 3.31. The van der Waals surface area contributed by atoms with E-state index in [1.807, 2.05) is 32.4 Å². The van der Waals surface area contributed by atoms with E-state index in [2.05, 4.69) is 72.8 Å². The summed E-state index contributed by atoms with van der Waals surface area (Å²) in [4.78, 5) is 42.2. The molecule has 0 aliphatic carbocycles. The fourth-order valence-corrected chi connectivity index (χ4v) is 11.7. The van der Waals surface area contributed by atoms with Gasteiger partial charge in [-0.2, -0.15) is 0 Å². The summed E-state index contributed by atoms with van der Waals surface area (Å²) < 4.78 is 11.2. The van der Waals surface area contributed by atoms with Gasteiger partial charge in [-0.3, -0.25) is 14.4 Å². The summed E-state index contributed by atoms with van der Waals surface area (Å²) in [7, 11) is 10.0. The van der Waals surface area contributed by atoms with Gasteiger partial charge in [0, 0.05) is 55.1 Å². The molecule has 0 radical (unpaired) electrons. The van der Waals surface area contributed by atoms with Gasteiger partial charge in [-0.15, -0.1) is 0 Å². The molecule has 0 aromatic rings. The van der Waals surface area contributed by atoms with Crippen molar-refractivity contribution in [1.29, 1.82) is 0 Å². The van der Waals surface area contributed by atoms with Crippen LogP contribution in [0.4, 0.5) is 0 Å². The Morgan fingerprint density at radius 2 is 1.22 bits per heavy atom. The third-order valence-corrected chi connectivity index (χ3v) is 16.8. The molecule has 0 saturated carbocycles. The van der Waals surface area contributed by atoms with Crippen LogP contribution in [0.1, 0.15) is 201 Å². The third kappa shape index (κ3) is 46.3. The highest BCUT2D eigenvalue weighted by atomic mass is 33.1. The number of nitrogens with one attached hydrogen (secondary N) is 1. The number of likely N-dealkylation sites (N-methyl/N-ethyl adjacent to an activating group) is 1. The Morgan fingerprint density at radius 3 is 1.87 bits per heavy atom. The molecule has 0 heterocycles. The Hall–Kier alpha value is -0.570. The van der Waals surface area contributed by atoms with E-state index in [0.29, 0.717) is 52.1 Å². The first-order chi connectivity index (χ1) is 30.7. The van der Waals surface area contributed by atoms with Gasteiger partial charge in [0.25, 0.3) is 0 Å². The van der Waals surface area contributed by atoms with Crippen molar-refractivity contribution in [3.63, 3.8) is 0 Å². The minimum absolute atomic E-state index is 0.126. The molecule has 0 fully saturated rings. The minimum Gasteiger partial charge on any atom is -0.466 e. The van der Waals surface area contributed by atoms with Crippen molar-refractivity contribution in [3.05, 3.63) is 12.2 Å². The van der Waals surface area contributed by atoms with Gasteiger partial charge < -0.3 is 29.7 Å². The van der Waals surface area contributed by atoms with E-state index < -0.39 is 0 Å². The molecule has 0 aromatic carbocycles. The second-order valence-corrected chi connectivity index (χ2v) is 22.8. The molecule has 63 heavy (non-hydrogen) atoms. The molecule has 13 heteroatoms. The number of ether oxygens (including phenoxy) is 2. The zero-order valence-corrected chi connectivity index (χ0v) is 44.5. The number of esters is 2.